The molecule has 0 radical (unpaired) electrons. The molecule has 2 heterocycles. The Morgan fingerprint density at radius 2 is 1.90 bits per heavy atom. The summed E-state index contributed by atoms with van der Waals surface area (Å²) in [6.07, 6.45) is 5.51. The van der Waals surface area contributed by atoms with E-state index in [2.05, 4.69) is 46.3 Å². The minimum Gasteiger partial charge on any atom is -0.497 e. The van der Waals surface area contributed by atoms with Crippen molar-refractivity contribution in [1.29, 1.82) is 0 Å². The maximum absolute atomic E-state index is 5.59. The van der Waals surface area contributed by atoms with E-state index in [0.717, 1.165) is 57.6 Å². The summed E-state index contributed by atoms with van der Waals surface area (Å²) in [5.41, 5.74) is 1.87. The molecular weight excluding hydrogens is 491 g/mol. The molecule has 6 nitrogen and oxygen atoms in total. The summed E-state index contributed by atoms with van der Waals surface area (Å²) in [5, 5.41) is 3.55. The Labute approximate surface area is 198 Å². The second kappa shape index (κ2) is 11.0. The van der Waals surface area contributed by atoms with Crippen molar-refractivity contribution in [3.63, 3.8) is 0 Å². The molecule has 3 aliphatic rings. The van der Waals surface area contributed by atoms with Crippen molar-refractivity contribution in [3.05, 3.63) is 29.8 Å². The third kappa shape index (κ3) is 5.40. The van der Waals surface area contributed by atoms with Gasteiger partial charge in [-0.3, -0.25) is 9.89 Å². The number of benzene rings is 1. The fourth-order valence-electron chi connectivity index (χ4n) is 4.95. The van der Waals surface area contributed by atoms with Gasteiger partial charge < -0.3 is 19.7 Å². The minimum absolute atomic E-state index is 0. The summed E-state index contributed by atoms with van der Waals surface area (Å²) in [6, 6.07) is 8.73. The fourth-order valence-corrected chi connectivity index (χ4v) is 4.95. The van der Waals surface area contributed by atoms with E-state index >= 15 is 0 Å². The molecule has 2 aliphatic heterocycles. The first kappa shape index (κ1) is 23.6. The zero-order valence-corrected chi connectivity index (χ0v) is 20.8. The molecule has 1 aromatic rings. The topological polar surface area (TPSA) is 49.3 Å². The van der Waals surface area contributed by atoms with Crippen molar-refractivity contribution in [2.75, 3.05) is 59.6 Å². The van der Waals surface area contributed by atoms with Gasteiger partial charge in [-0.15, -0.1) is 24.0 Å². The highest BCUT2D eigenvalue weighted by molar-refractivity contribution is 14.0. The molecule has 1 atom stereocenters. The highest BCUT2D eigenvalue weighted by atomic mass is 127. The lowest BCUT2D eigenvalue weighted by atomic mass is 9.68. The molecule has 1 aliphatic carbocycles. The van der Waals surface area contributed by atoms with Crippen LogP contribution >= 0.6 is 24.0 Å². The molecular formula is C23H37IN4O2. The lowest BCUT2D eigenvalue weighted by Crippen LogP contribution is -2.44. The van der Waals surface area contributed by atoms with Crippen LogP contribution in [0.4, 0.5) is 0 Å². The number of hydrogen-bond acceptors (Lipinski definition) is 4. The number of aliphatic imine (C=N–C) groups is 1. The van der Waals surface area contributed by atoms with Crippen molar-refractivity contribution in [2.24, 2.45) is 10.4 Å². The van der Waals surface area contributed by atoms with Gasteiger partial charge in [-0.1, -0.05) is 18.6 Å². The molecule has 30 heavy (non-hydrogen) atoms. The molecule has 7 heteroatoms. The van der Waals surface area contributed by atoms with Crippen LogP contribution in [0.5, 0.6) is 5.75 Å². The van der Waals surface area contributed by atoms with Crippen LogP contribution in [0, 0.1) is 5.41 Å². The summed E-state index contributed by atoms with van der Waals surface area (Å²) in [5.74, 6) is 1.98. The summed E-state index contributed by atoms with van der Waals surface area (Å²) in [4.78, 5) is 10.1. The number of morpholine rings is 1. The predicted octanol–water partition coefficient (Wildman–Crippen LogP) is 3.53. The molecule has 1 saturated carbocycles. The molecule has 1 aromatic carbocycles. The third-order valence-corrected chi connectivity index (χ3v) is 6.89. The van der Waals surface area contributed by atoms with Gasteiger partial charge in [-0.25, -0.2) is 0 Å². The zero-order chi connectivity index (χ0) is 20.1. The Kier molecular flexibility index (Phi) is 8.65. The monoisotopic (exact) mass is 528 g/mol. The predicted molar refractivity (Wildman–Crippen MR) is 132 cm³/mol. The summed E-state index contributed by atoms with van der Waals surface area (Å²) in [7, 11) is 1.71. The van der Waals surface area contributed by atoms with Gasteiger partial charge in [-0.2, -0.15) is 0 Å². The van der Waals surface area contributed by atoms with Crippen molar-refractivity contribution in [3.8, 4) is 5.75 Å². The standard InChI is InChI=1S/C23H36N4O2.HI/c1-3-24-22(27-12-11-23(18-27)9-4-10-23)25-17-21(26-13-15-29-16-14-26)19-5-7-20(28-2)8-6-19;/h5-8,21H,3-4,9-18H2,1-2H3,(H,24,25);1H. The molecule has 2 saturated heterocycles. The Bertz CT molecular complexity index is 687. The smallest absolute Gasteiger partial charge is 0.194 e. The number of rotatable bonds is 6. The van der Waals surface area contributed by atoms with E-state index in [-0.39, 0.29) is 30.0 Å². The Morgan fingerprint density at radius 3 is 2.47 bits per heavy atom. The van der Waals surface area contributed by atoms with Gasteiger partial charge >= 0.3 is 0 Å². The molecule has 168 valence electrons. The molecule has 0 bridgehead atoms. The van der Waals surface area contributed by atoms with Gasteiger partial charge in [0.05, 0.1) is 32.9 Å². The van der Waals surface area contributed by atoms with E-state index < -0.39 is 0 Å². The average molecular weight is 528 g/mol. The van der Waals surface area contributed by atoms with Crippen LogP contribution in [-0.2, 0) is 4.74 Å². The number of likely N-dealkylation sites (tertiary alicyclic amines) is 1. The van der Waals surface area contributed by atoms with E-state index in [1.54, 1.807) is 7.11 Å². The van der Waals surface area contributed by atoms with Crippen LogP contribution in [0.1, 0.15) is 44.2 Å². The third-order valence-electron chi connectivity index (χ3n) is 6.89. The normalized spacial score (nSPS) is 22.3. The number of ether oxygens (including phenoxy) is 2. The van der Waals surface area contributed by atoms with Crippen molar-refractivity contribution >= 4 is 29.9 Å². The Balaban J connectivity index is 0.00000256. The number of halogens is 1. The highest BCUT2D eigenvalue weighted by Gasteiger charge is 2.43. The first-order valence-corrected chi connectivity index (χ1v) is 11.2. The van der Waals surface area contributed by atoms with Gasteiger partial charge in [0.2, 0.25) is 0 Å². The second-order valence-electron chi connectivity index (χ2n) is 8.66. The molecule has 3 fully saturated rings. The minimum atomic E-state index is 0. The summed E-state index contributed by atoms with van der Waals surface area (Å²) < 4.78 is 10.9. The van der Waals surface area contributed by atoms with E-state index in [0.29, 0.717) is 5.41 Å². The SMILES string of the molecule is CCNC(=NCC(c1ccc(OC)cc1)N1CCOCC1)N1CCC2(CCC2)C1.I. The van der Waals surface area contributed by atoms with Gasteiger partial charge in [0, 0.05) is 32.7 Å². The summed E-state index contributed by atoms with van der Waals surface area (Å²) >= 11 is 0. The van der Waals surface area contributed by atoms with Crippen LogP contribution in [0.2, 0.25) is 0 Å². The molecule has 1 N–H and O–H groups in total. The van der Waals surface area contributed by atoms with Crippen LogP contribution in [0.3, 0.4) is 0 Å². The molecule has 1 unspecified atom stereocenters. The van der Waals surface area contributed by atoms with Crippen LogP contribution in [-0.4, -0.2) is 75.4 Å². The van der Waals surface area contributed by atoms with Crippen LogP contribution < -0.4 is 10.1 Å². The lowest BCUT2D eigenvalue weighted by molar-refractivity contribution is 0.0179. The van der Waals surface area contributed by atoms with E-state index in [9.17, 15) is 0 Å². The fraction of sp³-hybridized carbons (Fsp3) is 0.696. The van der Waals surface area contributed by atoms with E-state index in [1.807, 2.05) is 0 Å². The van der Waals surface area contributed by atoms with Gasteiger partial charge in [0.15, 0.2) is 5.96 Å². The van der Waals surface area contributed by atoms with Crippen molar-refractivity contribution in [1.82, 2.24) is 15.1 Å². The van der Waals surface area contributed by atoms with Gasteiger partial charge in [-0.05, 0) is 49.3 Å². The maximum atomic E-state index is 5.59. The van der Waals surface area contributed by atoms with Gasteiger partial charge in [0.1, 0.15) is 5.75 Å². The highest BCUT2D eigenvalue weighted by Crippen LogP contribution is 2.47. The first-order valence-electron chi connectivity index (χ1n) is 11.2. The number of nitrogens with zero attached hydrogens (tertiary/aromatic N) is 3. The molecule has 1 spiro atoms. The summed E-state index contributed by atoms with van der Waals surface area (Å²) in [6.45, 7) is 9.64. The maximum Gasteiger partial charge on any atom is 0.194 e. The quantitative estimate of drug-likeness (QED) is 0.348. The second-order valence-corrected chi connectivity index (χ2v) is 8.66. The first-order chi connectivity index (χ1) is 14.2. The largest absolute Gasteiger partial charge is 0.497 e. The van der Waals surface area contributed by atoms with Crippen LogP contribution in [0.25, 0.3) is 0 Å². The number of methoxy groups -OCH3 is 1. The Hall–Kier alpha value is -1.06. The number of nitrogens with one attached hydrogen (secondary N) is 1. The average Bonchev–Trinajstić information content (AvgIpc) is 3.21. The van der Waals surface area contributed by atoms with Gasteiger partial charge in [0.25, 0.3) is 0 Å². The van der Waals surface area contributed by atoms with E-state index in [4.69, 9.17) is 14.5 Å². The van der Waals surface area contributed by atoms with Crippen LogP contribution in [0.15, 0.2) is 29.3 Å². The van der Waals surface area contributed by atoms with E-state index in [1.165, 1.54) is 37.8 Å². The number of guanidine groups is 1. The molecule has 4 rings (SSSR count). The number of hydrogen-bond donors (Lipinski definition) is 1. The lowest BCUT2D eigenvalue weighted by Gasteiger charge is -2.38. The van der Waals surface area contributed by atoms with Crippen molar-refractivity contribution < 1.29 is 9.47 Å². The van der Waals surface area contributed by atoms with Crippen molar-refractivity contribution in [2.45, 2.75) is 38.6 Å². The Morgan fingerprint density at radius 1 is 1.17 bits per heavy atom. The molecule has 0 amide bonds. The zero-order valence-electron chi connectivity index (χ0n) is 18.4. The molecule has 0 aromatic heterocycles.